The van der Waals surface area contributed by atoms with Gasteiger partial charge in [-0.1, -0.05) is 0 Å². The number of epoxide rings is 2. The van der Waals surface area contributed by atoms with Gasteiger partial charge in [0, 0.05) is 6.04 Å². The van der Waals surface area contributed by atoms with Crippen LogP contribution in [0, 0.1) is 0 Å². The summed E-state index contributed by atoms with van der Waals surface area (Å²) < 4.78 is 10.1. The van der Waals surface area contributed by atoms with E-state index in [-0.39, 0.29) is 6.04 Å². The molecule has 0 bridgehead atoms. The highest BCUT2D eigenvalue weighted by molar-refractivity contribution is 4.83. The van der Waals surface area contributed by atoms with E-state index in [2.05, 4.69) is 0 Å². The van der Waals surface area contributed by atoms with Crippen LogP contribution in [0.15, 0.2) is 0 Å². The van der Waals surface area contributed by atoms with E-state index in [9.17, 15) is 0 Å². The molecule has 2 aliphatic heterocycles. The molecule has 58 valence electrons. The molecule has 0 aromatic carbocycles. The molecule has 10 heavy (non-hydrogen) atoms. The number of rotatable bonds is 4. The van der Waals surface area contributed by atoms with Crippen molar-refractivity contribution in [1.82, 2.24) is 0 Å². The summed E-state index contributed by atoms with van der Waals surface area (Å²) in [6.07, 6.45) is 3.04. The first-order chi connectivity index (χ1) is 4.86. The molecule has 2 heterocycles. The molecule has 2 fully saturated rings. The SMILES string of the molecule is NC(CCC1CO1)C1CO1. The number of nitrogens with two attached hydrogens (primary N) is 1. The van der Waals surface area contributed by atoms with Crippen molar-refractivity contribution in [2.75, 3.05) is 13.2 Å². The molecule has 2 saturated heterocycles. The summed E-state index contributed by atoms with van der Waals surface area (Å²) in [6, 6.07) is 0.254. The molecular formula is C7H13NO2. The number of hydrogen-bond donors (Lipinski definition) is 1. The van der Waals surface area contributed by atoms with Crippen molar-refractivity contribution in [3.05, 3.63) is 0 Å². The van der Waals surface area contributed by atoms with E-state index in [4.69, 9.17) is 15.2 Å². The summed E-state index contributed by atoms with van der Waals surface area (Å²) in [5.74, 6) is 0. The Morgan fingerprint density at radius 2 is 2.10 bits per heavy atom. The molecule has 0 saturated carbocycles. The lowest BCUT2D eigenvalue weighted by Crippen LogP contribution is -2.26. The highest BCUT2D eigenvalue weighted by atomic mass is 16.6. The monoisotopic (exact) mass is 143 g/mol. The highest BCUT2D eigenvalue weighted by Crippen LogP contribution is 2.21. The van der Waals surface area contributed by atoms with Gasteiger partial charge in [0.05, 0.1) is 25.4 Å². The van der Waals surface area contributed by atoms with Gasteiger partial charge in [-0.2, -0.15) is 0 Å². The topological polar surface area (TPSA) is 51.1 Å². The van der Waals surface area contributed by atoms with Gasteiger partial charge in [0.2, 0.25) is 0 Å². The molecule has 2 rings (SSSR count). The Morgan fingerprint density at radius 1 is 1.40 bits per heavy atom. The van der Waals surface area contributed by atoms with Crippen LogP contribution in [0.5, 0.6) is 0 Å². The second-order valence-electron chi connectivity index (χ2n) is 3.07. The zero-order valence-corrected chi connectivity index (χ0v) is 5.95. The second-order valence-corrected chi connectivity index (χ2v) is 3.07. The first-order valence-corrected chi connectivity index (χ1v) is 3.85. The van der Waals surface area contributed by atoms with E-state index in [1.165, 1.54) is 0 Å². The molecule has 0 radical (unpaired) electrons. The van der Waals surface area contributed by atoms with Crippen LogP contribution < -0.4 is 5.73 Å². The number of hydrogen-bond acceptors (Lipinski definition) is 3. The van der Waals surface area contributed by atoms with Crippen LogP contribution in [0.2, 0.25) is 0 Å². The van der Waals surface area contributed by atoms with Gasteiger partial charge >= 0.3 is 0 Å². The van der Waals surface area contributed by atoms with E-state index in [0.717, 1.165) is 26.1 Å². The number of ether oxygens (including phenoxy) is 2. The van der Waals surface area contributed by atoms with Gasteiger partial charge in [-0.3, -0.25) is 0 Å². The molecule has 2 aliphatic rings. The fraction of sp³-hybridized carbons (Fsp3) is 1.00. The fourth-order valence-electron chi connectivity index (χ4n) is 1.10. The van der Waals surface area contributed by atoms with Crippen molar-refractivity contribution >= 4 is 0 Å². The van der Waals surface area contributed by atoms with Crippen molar-refractivity contribution in [1.29, 1.82) is 0 Å². The first-order valence-electron chi connectivity index (χ1n) is 3.85. The Morgan fingerprint density at radius 3 is 2.60 bits per heavy atom. The van der Waals surface area contributed by atoms with E-state index in [0.29, 0.717) is 12.2 Å². The molecule has 0 aromatic heterocycles. The lowest BCUT2D eigenvalue weighted by molar-refractivity contribution is 0.341. The van der Waals surface area contributed by atoms with Crippen LogP contribution >= 0.6 is 0 Å². The van der Waals surface area contributed by atoms with Crippen LogP contribution in [-0.2, 0) is 9.47 Å². The van der Waals surface area contributed by atoms with E-state index < -0.39 is 0 Å². The average Bonchev–Trinajstić information content (AvgIpc) is 2.76. The van der Waals surface area contributed by atoms with Crippen LogP contribution in [0.25, 0.3) is 0 Å². The normalized spacial score (nSPS) is 39.3. The zero-order chi connectivity index (χ0) is 6.97. The first kappa shape index (κ1) is 6.58. The summed E-state index contributed by atoms with van der Waals surface area (Å²) in [6.45, 7) is 1.81. The van der Waals surface area contributed by atoms with Gasteiger partial charge in [0.15, 0.2) is 0 Å². The van der Waals surface area contributed by atoms with Gasteiger partial charge < -0.3 is 15.2 Å². The Labute approximate surface area is 60.5 Å². The van der Waals surface area contributed by atoms with Crippen LogP contribution in [0.3, 0.4) is 0 Å². The fourth-order valence-corrected chi connectivity index (χ4v) is 1.10. The smallest absolute Gasteiger partial charge is 0.0960 e. The van der Waals surface area contributed by atoms with Gasteiger partial charge in [-0.05, 0) is 12.8 Å². The minimum Gasteiger partial charge on any atom is -0.373 e. The predicted octanol–water partition coefficient (Wildman–Crippen LogP) is -0.109. The van der Waals surface area contributed by atoms with Crippen molar-refractivity contribution < 1.29 is 9.47 Å². The van der Waals surface area contributed by atoms with Crippen molar-refractivity contribution in [3.8, 4) is 0 Å². The van der Waals surface area contributed by atoms with Gasteiger partial charge in [-0.15, -0.1) is 0 Å². The molecule has 3 heteroatoms. The van der Waals surface area contributed by atoms with Gasteiger partial charge in [0.1, 0.15) is 0 Å². The minimum atomic E-state index is 0.254. The maximum atomic E-state index is 5.77. The third-order valence-electron chi connectivity index (χ3n) is 2.06. The molecule has 3 unspecified atom stereocenters. The van der Waals surface area contributed by atoms with Crippen molar-refractivity contribution in [2.45, 2.75) is 31.1 Å². The third kappa shape index (κ3) is 1.68. The van der Waals surface area contributed by atoms with Crippen LogP contribution in [-0.4, -0.2) is 31.5 Å². The molecule has 0 aromatic rings. The summed E-state index contributed by atoms with van der Waals surface area (Å²) >= 11 is 0. The maximum absolute atomic E-state index is 5.77. The van der Waals surface area contributed by atoms with Crippen LogP contribution in [0.4, 0.5) is 0 Å². The summed E-state index contributed by atoms with van der Waals surface area (Å²) in [7, 11) is 0. The van der Waals surface area contributed by atoms with Crippen LogP contribution in [0.1, 0.15) is 12.8 Å². The highest BCUT2D eigenvalue weighted by Gasteiger charge is 2.31. The maximum Gasteiger partial charge on any atom is 0.0960 e. The Bertz CT molecular complexity index is 121. The molecule has 0 spiro atoms. The quantitative estimate of drug-likeness (QED) is 0.559. The molecular weight excluding hydrogens is 130 g/mol. The third-order valence-corrected chi connectivity index (χ3v) is 2.06. The molecule has 0 amide bonds. The van der Waals surface area contributed by atoms with Gasteiger partial charge in [0.25, 0.3) is 0 Å². The molecule has 2 N–H and O–H groups in total. The van der Waals surface area contributed by atoms with Gasteiger partial charge in [-0.25, -0.2) is 0 Å². The predicted molar refractivity (Wildman–Crippen MR) is 36.7 cm³/mol. The summed E-state index contributed by atoms with van der Waals surface area (Å²) in [4.78, 5) is 0. The molecule has 3 atom stereocenters. The molecule has 3 nitrogen and oxygen atoms in total. The Kier molecular flexibility index (Phi) is 1.64. The summed E-state index contributed by atoms with van der Waals surface area (Å²) in [5.41, 5.74) is 5.77. The standard InChI is InChI=1S/C7H13NO2/c8-6(7-4-10-7)2-1-5-3-9-5/h5-7H,1-4,8H2. The average molecular weight is 143 g/mol. The van der Waals surface area contributed by atoms with Crippen molar-refractivity contribution in [2.24, 2.45) is 5.73 Å². The minimum absolute atomic E-state index is 0.254. The summed E-state index contributed by atoms with van der Waals surface area (Å²) in [5, 5.41) is 0. The second kappa shape index (κ2) is 2.49. The zero-order valence-electron chi connectivity index (χ0n) is 5.95. The van der Waals surface area contributed by atoms with E-state index >= 15 is 0 Å². The Hall–Kier alpha value is -0.120. The molecule has 0 aliphatic carbocycles. The lowest BCUT2D eigenvalue weighted by atomic mass is 10.1. The van der Waals surface area contributed by atoms with Crippen molar-refractivity contribution in [3.63, 3.8) is 0 Å². The lowest BCUT2D eigenvalue weighted by Gasteiger charge is -2.04. The Balaban J connectivity index is 1.58. The largest absolute Gasteiger partial charge is 0.373 e. The van der Waals surface area contributed by atoms with E-state index in [1.807, 2.05) is 0 Å². The van der Waals surface area contributed by atoms with E-state index in [1.54, 1.807) is 0 Å².